The molecule has 1 saturated heterocycles. The summed E-state index contributed by atoms with van der Waals surface area (Å²) in [5.41, 5.74) is 1.31. The van der Waals surface area contributed by atoms with Gasteiger partial charge in [0.05, 0.1) is 0 Å². The number of hydrogen-bond acceptors (Lipinski definition) is 4. The van der Waals surface area contributed by atoms with Crippen LogP contribution in [0.5, 0.6) is 0 Å². The number of aromatic nitrogens is 1. The molecule has 3 heterocycles. The van der Waals surface area contributed by atoms with Crippen molar-refractivity contribution in [2.24, 2.45) is 0 Å². The van der Waals surface area contributed by atoms with Crippen LogP contribution >= 0.6 is 22.9 Å². The monoisotopic (exact) mass is 413 g/mol. The van der Waals surface area contributed by atoms with Gasteiger partial charge in [0.1, 0.15) is 0 Å². The maximum absolute atomic E-state index is 12.6. The van der Waals surface area contributed by atoms with E-state index in [1.807, 2.05) is 18.2 Å². The molecule has 7 heteroatoms. The van der Waals surface area contributed by atoms with Gasteiger partial charge in [-0.3, -0.25) is 9.69 Å². The predicted octanol–water partition coefficient (Wildman–Crippen LogP) is 3.66. The number of hydrogen-bond donors (Lipinski definition) is 0. The van der Waals surface area contributed by atoms with E-state index < -0.39 is 0 Å². The van der Waals surface area contributed by atoms with Gasteiger partial charge < -0.3 is 10.1 Å². The number of amides is 1. The van der Waals surface area contributed by atoms with Crippen LogP contribution in [0.4, 0.5) is 0 Å². The minimum Gasteiger partial charge on any atom is -0.618 e. The molecule has 3 aromatic rings. The molecule has 0 unspecified atom stereocenters. The number of rotatable bonds is 4. The molecule has 1 amide bonds. The number of benzene rings is 1. The average Bonchev–Trinajstić information content (AvgIpc) is 3.17. The summed E-state index contributed by atoms with van der Waals surface area (Å²) in [6.45, 7) is 3.70. The summed E-state index contributed by atoms with van der Waals surface area (Å²) in [4.78, 5) is 19.1. The van der Waals surface area contributed by atoms with Gasteiger partial charge in [0.25, 0.3) is 5.69 Å². The Morgan fingerprint density at radius 3 is 2.64 bits per heavy atom. The molecule has 5 nitrogen and oxygen atoms in total. The average molecular weight is 414 g/mol. The Labute approximate surface area is 173 Å². The van der Waals surface area contributed by atoms with E-state index >= 15 is 0 Å². The topological polar surface area (TPSA) is 50.5 Å². The van der Waals surface area contributed by atoms with Crippen LogP contribution in [0.25, 0.3) is 10.4 Å². The van der Waals surface area contributed by atoms with Gasteiger partial charge in [-0.05, 0) is 35.9 Å². The van der Waals surface area contributed by atoms with Gasteiger partial charge in [-0.25, -0.2) is 0 Å². The molecular formula is C21H20ClN3O2S. The molecule has 1 fully saturated rings. The fourth-order valence-corrected chi connectivity index (χ4v) is 4.58. The first-order valence-electron chi connectivity index (χ1n) is 9.14. The molecule has 0 bridgehead atoms. The van der Waals surface area contributed by atoms with Gasteiger partial charge in [0.15, 0.2) is 6.20 Å². The number of carbonyl (C=O) groups is 1. The minimum absolute atomic E-state index is 0.181. The lowest BCUT2D eigenvalue weighted by molar-refractivity contribution is -0.608. The first-order chi connectivity index (χ1) is 13.6. The first-order valence-corrected chi connectivity index (χ1v) is 10.3. The second kappa shape index (κ2) is 8.31. The molecule has 0 atom stereocenters. The van der Waals surface area contributed by atoms with Crippen molar-refractivity contribution in [3.05, 3.63) is 81.6 Å². The van der Waals surface area contributed by atoms with Crippen molar-refractivity contribution >= 4 is 28.8 Å². The number of pyridine rings is 1. The van der Waals surface area contributed by atoms with E-state index in [0.717, 1.165) is 30.2 Å². The quantitative estimate of drug-likeness (QED) is 0.484. The lowest BCUT2D eigenvalue weighted by Crippen LogP contribution is -2.50. The molecule has 0 N–H and O–H groups in total. The molecule has 1 aliphatic heterocycles. The highest BCUT2D eigenvalue weighted by molar-refractivity contribution is 7.15. The van der Waals surface area contributed by atoms with Crippen LogP contribution < -0.4 is 4.73 Å². The molecule has 4 rings (SSSR count). The summed E-state index contributed by atoms with van der Waals surface area (Å²) < 4.78 is 0.637. The summed E-state index contributed by atoms with van der Waals surface area (Å²) in [5, 5.41) is 12.5. The van der Waals surface area contributed by atoms with Crippen LogP contribution in [0.2, 0.25) is 5.02 Å². The van der Waals surface area contributed by atoms with Crippen LogP contribution in [-0.2, 0) is 6.54 Å². The molecule has 0 aliphatic carbocycles. The van der Waals surface area contributed by atoms with E-state index in [4.69, 9.17) is 11.6 Å². The maximum Gasteiger partial charge on any atom is 0.320 e. The molecule has 1 aromatic carbocycles. The SMILES string of the molecule is O=C(c1cccc[n+]1[O-])N1CCN(Cc2ccc(-c3cccc(Cl)c3)s2)CC1. The van der Waals surface area contributed by atoms with Crippen LogP contribution in [0.3, 0.4) is 0 Å². The van der Waals surface area contributed by atoms with Gasteiger partial charge in [0, 0.05) is 59.6 Å². The van der Waals surface area contributed by atoms with Gasteiger partial charge in [-0.15, -0.1) is 11.3 Å². The van der Waals surface area contributed by atoms with Crippen molar-refractivity contribution < 1.29 is 9.52 Å². The lowest BCUT2D eigenvalue weighted by atomic mass is 10.2. The highest BCUT2D eigenvalue weighted by Gasteiger charge is 2.26. The normalized spacial score (nSPS) is 15.0. The number of piperazine rings is 1. The second-order valence-electron chi connectivity index (χ2n) is 6.76. The van der Waals surface area contributed by atoms with E-state index in [9.17, 15) is 10.0 Å². The molecule has 144 valence electrons. The molecule has 0 spiro atoms. The van der Waals surface area contributed by atoms with Crippen molar-refractivity contribution in [3.63, 3.8) is 0 Å². The van der Waals surface area contributed by atoms with Crippen LogP contribution in [0.15, 0.2) is 60.8 Å². The second-order valence-corrected chi connectivity index (χ2v) is 8.36. The summed E-state index contributed by atoms with van der Waals surface area (Å²) in [7, 11) is 0. The summed E-state index contributed by atoms with van der Waals surface area (Å²) >= 11 is 7.86. The third kappa shape index (κ3) is 4.19. The Morgan fingerprint density at radius 1 is 1.07 bits per heavy atom. The minimum atomic E-state index is -0.199. The Hall–Kier alpha value is -2.41. The number of nitrogens with zero attached hydrogens (tertiary/aromatic N) is 3. The van der Waals surface area contributed by atoms with E-state index in [-0.39, 0.29) is 11.6 Å². The van der Waals surface area contributed by atoms with Crippen LogP contribution in [-0.4, -0.2) is 41.9 Å². The molecule has 2 aromatic heterocycles. The fraction of sp³-hybridized carbons (Fsp3) is 0.238. The summed E-state index contributed by atoms with van der Waals surface area (Å²) in [5.74, 6) is -0.199. The zero-order valence-corrected chi connectivity index (χ0v) is 16.8. The van der Waals surface area contributed by atoms with E-state index in [2.05, 4.69) is 23.1 Å². The lowest BCUT2D eigenvalue weighted by Gasteiger charge is -2.33. The Bertz CT molecular complexity index is 983. The van der Waals surface area contributed by atoms with Crippen molar-refractivity contribution in [1.82, 2.24) is 9.80 Å². The zero-order chi connectivity index (χ0) is 19.5. The molecule has 0 saturated carbocycles. The van der Waals surface area contributed by atoms with E-state index in [0.29, 0.717) is 17.8 Å². The highest BCUT2D eigenvalue weighted by Crippen LogP contribution is 2.30. The maximum atomic E-state index is 12.6. The third-order valence-corrected chi connectivity index (χ3v) is 6.21. The van der Waals surface area contributed by atoms with Gasteiger partial charge in [-0.2, -0.15) is 4.73 Å². The standard InChI is InChI=1S/C21H20ClN3O2S/c22-17-5-3-4-16(14-17)20-8-7-18(28-20)15-23-10-12-24(13-11-23)21(26)19-6-1-2-9-25(19)27/h1-9,14H,10-13,15H2. The van der Waals surface area contributed by atoms with Crippen molar-refractivity contribution in [2.75, 3.05) is 26.2 Å². The summed E-state index contributed by atoms with van der Waals surface area (Å²) in [6, 6.07) is 17.1. The molecular weight excluding hydrogens is 394 g/mol. The van der Waals surface area contributed by atoms with E-state index in [1.165, 1.54) is 16.0 Å². The Balaban J connectivity index is 1.35. The van der Waals surface area contributed by atoms with Crippen molar-refractivity contribution in [1.29, 1.82) is 0 Å². The molecule has 0 radical (unpaired) electrons. The van der Waals surface area contributed by atoms with Gasteiger partial charge >= 0.3 is 5.91 Å². The number of halogens is 1. The van der Waals surface area contributed by atoms with Crippen LogP contribution in [0.1, 0.15) is 15.4 Å². The Morgan fingerprint density at radius 2 is 1.89 bits per heavy atom. The van der Waals surface area contributed by atoms with E-state index in [1.54, 1.807) is 34.4 Å². The highest BCUT2D eigenvalue weighted by atomic mass is 35.5. The number of thiophene rings is 1. The molecule has 1 aliphatic rings. The smallest absolute Gasteiger partial charge is 0.320 e. The van der Waals surface area contributed by atoms with Crippen molar-refractivity contribution in [2.45, 2.75) is 6.54 Å². The molecule has 28 heavy (non-hydrogen) atoms. The number of carbonyl (C=O) groups excluding carboxylic acids is 1. The fourth-order valence-electron chi connectivity index (χ4n) is 3.35. The van der Waals surface area contributed by atoms with Gasteiger partial charge in [0.2, 0.25) is 0 Å². The summed E-state index contributed by atoms with van der Waals surface area (Å²) in [6.07, 6.45) is 1.36. The largest absolute Gasteiger partial charge is 0.618 e. The van der Waals surface area contributed by atoms with Gasteiger partial charge in [-0.1, -0.05) is 23.7 Å². The van der Waals surface area contributed by atoms with Crippen molar-refractivity contribution in [3.8, 4) is 10.4 Å². The van der Waals surface area contributed by atoms with Crippen LogP contribution in [0, 0.1) is 5.21 Å². The Kier molecular flexibility index (Phi) is 5.62. The predicted molar refractivity (Wildman–Crippen MR) is 111 cm³/mol. The first kappa shape index (κ1) is 18.9. The third-order valence-electron chi connectivity index (χ3n) is 4.85. The zero-order valence-electron chi connectivity index (χ0n) is 15.3.